The molecule has 4 saturated heterocycles. The Labute approximate surface area is 33.0 Å². The molecule has 4 fully saturated rings. The Morgan fingerprint density at radius 3 is 1.40 bits per heavy atom. The molecule has 3 heteroatoms. The Hall–Kier alpha value is 1.29. The first-order valence-electron chi connectivity index (χ1n) is 2.06. The van der Waals surface area contributed by atoms with Crippen LogP contribution in [0.4, 0.5) is 0 Å². The molecule has 0 aromatic rings. The third-order valence-corrected chi connectivity index (χ3v) is 33.8. The van der Waals surface area contributed by atoms with Crippen LogP contribution in [0.25, 0.3) is 0 Å². The van der Waals surface area contributed by atoms with E-state index in [0.717, 1.165) is 15.2 Å². The molecule has 4 rings (SSSR count). The molecular weight excluding hydrogens is 117 g/mol. The van der Waals surface area contributed by atoms with Gasteiger partial charge in [0.2, 0.25) is 0 Å². The molecule has 4 aliphatic rings. The van der Waals surface area contributed by atoms with Gasteiger partial charge in [-0.25, -0.2) is 0 Å². The van der Waals surface area contributed by atoms with Gasteiger partial charge in [-0.2, -0.15) is 0 Å². The van der Waals surface area contributed by atoms with E-state index < -0.39 is 0 Å². The van der Waals surface area contributed by atoms with Gasteiger partial charge >= 0.3 is 32.1 Å². The van der Waals surface area contributed by atoms with Gasteiger partial charge in [-0.1, -0.05) is 0 Å². The minimum atomic E-state index is 0.185. The fourth-order valence-corrected chi connectivity index (χ4v) is 47.2. The summed E-state index contributed by atoms with van der Waals surface area (Å²) >= 11 is 0. The van der Waals surface area contributed by atoms with Gasteiger partial charge in [0.1, 0.15) is 0 Å². The third kappa shape index (κ3) is 0.0517. The summed E-state index contributed by atoms with van der Waals surface area (Å²) < 4.78 is 0. The summed E-state index contributed by atoms with van der Waals surface area (Å²) in [7, 11) is 2.08. The predicted molar refractivity (Wildman–Crippen MR) is 29.7 cm³/mol. The maximum absolute atomic E-state index is 1.62. The number of hydrogen-bond donors (Lipinski definition) is 0. The Kier molecular flexibility index (Phi) is 0.107. The molecule has 0 radical (unpaired) electrons. The second-order valence-electron chi connectivity index (χ2n) is 2.34. The Balaban J connectivity index is 2.71. The summed E-state index contributed by atoms with van der Waals surface area (Å²) in [6.07, 6.45) is 0. The number of hydrogen-bond acceptors (Lipinski definition) is 0. The van der Waals surface area contributed by atoms with Crippen molar-refractivity contribution in [2.75, 3.05) is 0 Å². The summed E-state index contributed by atoms with van der Waals surface area (Å²) in [5, 5.41) is 3.25. The first-order valence-corrected chi connectivity index (χ1v) is 8.86. The van der Waals surface area contributed by atoms with E-state index in [4.69, 9.17) is 0 Å². The molecule has 0 saturated carbocycles. The molecule has 0 aliphatic carbocycles. The van der Waals surface area contributed by atoms with Crippen molar-refractivity contribution in [2.45, 2.75) is 10.3 Å². The second-order valence-corrected chi connectivity index (χ2v) is 20.1. The van der Waals surface area contributed by atoms with Gasteiger partial charge in [0.15, 0.2) is 0 Å². The van der Waals surface area contributed by atoms with Crippen LogP contribution in [0, 0.1) is 0 Å². The quantitative estimate of drug-likeness (QED) is 0.429. The fourth-order valence-electron chi connectivity index (χ4n) is 1.66. The van der Waals surface area contributed by atoms with Crippen LogP contribution in [0.3, 0.4) is 0 Å². The predicted octanol–water partition coefficient (Wildman–Crippen LogP) is 2.15. The third-order valence-electron chi connectivity index (χ3n) is 2.37. The van der Waals surface area contributed by atoms with Gasteiger partial charge in [-0.15, -0.1) is 0 Å². The van der Waals surface area contributed by atoms with E-state index in [0.29, 0.717) is 0 Å². The molecule has 0 unspecified atom stereocenters. The van der Waals surface area contributed by atoms with E-state index >= 15 is 0 Å². The van der Waals surface area contributed by atoms with Gasteiger partial charge in [0.25, 0.3) is 0 Å². The molecule has 0 bridgehead atoms. The molecule has 0 atom stereocenters. The normalized spacial score (nSPS) is 112. The summed E-state index contributed by atoms with van der Waals surface area (Å²) in [5.74, 6) is 0. The monoisotopic (exact) mass is 120 g/mol. The van der Waals surface area contributed by atoms with Crippen molar-refractivity contribution in [2.24, 2.45) is 0 Å². The second kappa shape index (κ2) is 0.262. The summed E-state index contributed by atoms with van der Waals surface area (Å²) in [6.45, 7) is 0.185. The average molecular weight is 120 g/mol. The van der Waals surface area contributed by atoms with E-state index in [9.17, 15) is 0 Å². The Morgan fingerprint density at radius 2 is 1.40 bits per heavy atom. The van der Waals surface area contributed by atoms with Crippen LogP contribution in [0.2, 0.25) is 0 Å². The first kappa shape index (κ1) is 2.04. The van der Waals surface area contributed by atoms with Crippen molar-refractivity contribution >= 4 is 21.9 Å². The van der Waals surface area contributed by atoms with Crippen LogP contribution in [0.5, 0.6) is 0 Å². The zero-order chi connectivity index (χ0) is 2.81. The zero-order valence-electron chi connectivity index (χ0n) is 2.55. The van der Waals surface area contributed by atoms with Crippen molar-refractivity contribution < 1.29 is 0 Å². The van der Waals surface area contributed by atoms with E-state index in [1.165, 1.54) is 0 Å². The van der Waals surface area contributed by atoms with Crippen molar-refractivity contribution in [3.8, 4) is 0 Å². The fraction of sp³-hybridized carbons (Fsp3) is 1.00. The van der Waals surface area contributed by atoms with Crippen LogP contribution >= 0.6 is 21.9 Å². The maximum atomic E-state index is 1.62. The molecular formula is C2H3P3. The van der Waals surface area contributed by atoms with E-state index in [-0.39, 0.29) is 6.64 Å². The molecule has 4 aliphatic heterocycles. The molecule has 26 valence electrons. The molecule has 1 spiro atoms. The topological polar surface area (TPSA) is 0 Å². The van der Waals surface area contributed by atoms with Crippen molar-refractivity contribution in [1.29, 1.82) is 0 Å². The van der Waals surface area contributed by atoms with Crippen molar-refractivity contribution in [3.63, 3.8) is 0 Å². The van der Waals surface area contributed by atoms with Crippen LogP contribution in [-0.4, -0.2) is 10.3 Å². The Morgan fingerprint density at radius 1 is 1.20 bits per heavy atom. The van der Waals surface area contributed by atoms with E-state index in [1.54, 1.807) is 10.3 Å². The molecule has 0 aromatic carbocycles. The minimum absolute atomic E-state index is 0.185. The molecule has 5 heavy (non-hydrogen) atoms. The SMILES string of the molecule is C12P3C4P1[PH]243. The molecule has 0 aromatic heterocycles. The van der Waals surface area contributed by atoms with Gasteiger partial charge in [0, 0.05) is 0 Å². The van der Waals surface area contributed by atoms with Gasteiger partial charge in [-0.3, -0.25) is 0 Å². The van der Waals surface area contributed by atoms with Crippen LogP contribution < -0.4 is 0 Å². The standard InChI is InChI=1S/C2H3P3/c1-3-2-4(1)5(1,2)3/h1-2,5H. The molecule has 0 nitrogen and oxygen atoms in total. The molecule has 0 amide bonds. The average Bonchev–Trinajstić information content (AvgIpc) is 1.26. The number of fused-ring (bicyclic) bond motifs is 4. The molecule has 4 heterocycles. The van der Waals surface area contributed by atoms with Crippen LogP contribution in [0.15, 0.2) is 0 Å². The first-order chi connectivity index (χ1) is 2.49. The summed E-state index contributed by atoms with van der Waals surface area (Å²) in [4.78, 5) is 0. The van der Waals surface area contributed by atoms with E-state index in [1.807, 2.05) is 0 Å². The summed E-state index contributed by atoms with van der Waals surface area (Å²) in [6, 6.07) is 0. The van der Waals surface area contributed by atoms with Gasteiger partial charge in [-0.05, 0) is 0 Å². The van der Waals surface area contributed by atoms with E-state index in [2.05, 4.69) is 0 Å². The zero-order valence-corrected chi connectivity index (χ0v) is 5.34. The number of rotatable bonds is 0. The molecule has 0 N–H and O–H groups in total. The van der Waals surface area contributed by atoms with Gasteiger partial charge in [0.05, 0.1) is 0 Å². The summed E-state index contributed by atoms with van der Waals surface area (Å²) in [5.41, 5.74) is 0. The van der Waals surface area contributed by atoms with Crippen molar-refractivity contribution in [3.05, 3.63) is 0 Å². The van der Waals surface area contributed by atoms with Gasteiger partial charge < -0.3 is 0 Å². The van der Waals surface area contributed by atoms with Crippen LogP contribution in [-0.2, 0) is 0 Å². The van der Waals surface area contributed by atoms with Crippen molar-refractivity contribution in [1.82, 2.24) is 0 Å². The Bertz CT molecular complexity index is 107. The van der Waals surface area contributed by atoms with Crippen LogP contribution in [0.1, 0.15) is 0 Å².